The van der Waals surface area contributed by atoms with Crippen molar-refractivity contribution in [1.82, 2.24) is 0 Å². The fourth-order valence-corrected chi connectivity index (χ4v) is 2.33. The van der Waals surface area contributed by atoms with E-state index >= 15 is 0 Å². The molecule has 102 valence electrons. The first kappa shape index (κ1) is 14.0. The predicted molar refractivity (Wildman–Crippen MR) is 80.1 cm³/mol. The summed E-state index contributed by atoms with van der Waals surface area (Å²) in [6, 6.07) is 8.53. The molecule has 0 aliphatic heterocycles. The van der Waals surface area contributed by atoms with Crippen molar-refractivity contribution in [2.24, 2.45) is 0 Å². The molecule has 0 fully saturated rings. The molecular weight excluding hydrogens is 274 g/mol. The normalized spacial score (nSPS) is 10.7. The van der Waals surface area contributed by atoms with E-state index in [0.29, 0.717) is 11.3 Å². The number of hydrogen-bond acceptors (Lipinski definition) is 3. The van der Waals surface area contributed by atoms with Crippen molar-refractivity contribution in [3.05, 3.63) is 57.8 Å². The van der Waals surface area contributed by atoms with E-state index in [0.717, 1.165) is 4.88 Å². The Morgan fingerprint density at radius 3 is 2.70 bits per heavy atom. The van der Waals surface area contributed by atoms with Crippen molar-refractivity contribution >= 4 is 35.0 Å². The summed E-state index contributed by atoms with van der Waals surface area (Å²) < 4.78 is 0. The van der Waals surface area contributed by atoms with Crippen LogP contribution in [-0.2, 0) is 4.79 Å². The molecule has 0 radical (unpaired) electrons. The lowest BCUT2D eigenvalue weighted by atomic mass is 10.1. The fourth-order valence-electron chi connectivity index (χ4n) is 1.71. The van der Waals surface area contributed by atoms with Crippen LogP contribution >= 0.6 is 11.3 Å². The molecule has 1 amide bonds. The fraction of sp³-hybridized carbons (Fsp3) is 0.0667. The molecule has 5 heteroatoms. The van der Waals surface area contributed by atoms with Gasteiger partial charge in [0.25, 0.3) is 0 Å². The highest BCUT2D eigenvalue weighted by atomic mass is 32.1. The van der Waals surface area contributed by atoms with Gasteiger partial charge < -0.3 is 10.4 Å². The Kier molecular flexibility index (Phi) is 4.32. The zero-order valence-electron chi connectivity index (χ0n) is 10.8. The number of carboxylic acids is 1. The SMILES string of the molecule is Cc1cc(NC(=O)C=Cc2cccs2)ccc1C(=O)O. The molecule has 0 atom stereocenters. The van der Waals surface area contributed by atoms with E-state index in [1.807, 2.05) is 17.5 Å². The van der Waals surface area contributed by atoms with Crippen LogP contribution in [0.4, 0.5) is 5.69 Å². The van der Waals surface area contributed by atoms with Gasteiger partial charge in [-0.05, 0) is 48.2 Å². The summed E-state index contributed by atoms with van der Waals surface area (Å²) in [6.45, 7) is 1.70. The molecule has 2 aromatic rings. The molecule has 2 rings (SSSR count). The van der Waals surface area contributed by atoms with Gasteiger partial charge in [0.2, 0.25) is 5.91 Å². The number of aromatic carboxylic acids is 1. The van der Waals surface area contributed by atoms with Crippen LogP contribution in [0.1, 0.15) is 20.8 Å². The second-order valence-electron chi connectivity index (χ2n) is 4.17. The number of carbonyl (C=O) groups excluding carboxylic acids is 1. The summed E-state index contributed by atoms with van der Waals surface area (Å²) in [5.41, 5.74) is 1.42. The summed E-state index contributed by atoms with van der Waals surface area (Å²) in [5, 5.41) is 13.6. The molecule has 0 unspecified atom stereocenters. The summed E-state index contributed by atoms with van der Waals surface area (Å²) in [5.74, 6) is -1.22. The molecule has 0 saturated carbocycles. The molecule has 0 aliphatic rings. The second kappa shape index (κ2) is 6.16. The Balaban J connectivity index is 2.05. The van der Waals surface area contributed by atoms with Crippen molar-refractivity contribution in [2.45, 2.75) is 6.92 Å². The molecule has 20 heavy (non-hydrogen) atoms. The number of carbonyl (C=O) groups is 2. The standard InChI is InChI=1S/C15H13NO3S/c1-10-9-11(4-6-13(10)15(18)19)16-14(17)7-5-12-3-2-8-20-12/h2-9H,1H3,(H,16,17)(H,18,19). The van der Waals surface area contributed by atoms with E-state index in [9.17, 15) is 9.59 Å². The lowest BCUT2D eigenvalue weighted by Crippen LogP contribution is -2.08. The molecule has 1 aromatic carbocycles. The molecule has 1 aromatic heterocycles. The second-order valence-corrected chi connectivity index (χ2v) is 5.15. The number of anilines is 1. The molecule has 4 nitrogen and oxygen atoms in total. The monoisotopic (exact) mass is 287 g/mol. The van der Waals surface area contributed by atoms with Crippen molar-refractivity contribution in [3.8, 4) is 0 Å². The number of benzene rings is 1. The quantitative estimate of drug-likeness (QED) is 0.847. The zero-order valence-corrected chi connectivity index (χ0v) is 11.6. The van der Waals surface area contributed by atoms with Gasteiger partial charge in [0.15, 0.2) is 0 Å². The van der Waals surface area contributed by atoms with E-state index in [2.05, 4.69) is 5.32 Å². The number of thiophene rings is 1. The molecule has 0 aliphatic carbocycles. The van der Waals surface area contributed by atoms with Crippen LogP contribution in [-0.4, -0.2) is 17.0 Å². The van der Waals surface area contributed by atoms with Crippen LogP contribution in [0.5, 0.6) is 0 Å². The first-order valence-electron chi connectivity index (χ1n) is 5.93. The number of nitrogens with one attached hydrogen (secondary N) is 1. The molecule has 0 saturated heterocycles. The summed E-state index contributed by atoms with van der Waals surface area (Å²) in [7, 11) is 0. The Morgan fingerprint density at radius 1 is 1.30 bits per heavy atom. The minimum absolute atomic E-state index is 0.233. The molecule has 0 bridgehead atoms. The zero-order chi connectivity index (χ0) is 14.5. The molecule has 1 heterocycles. The Labute approximate surface area is 120 Å². The van der Waals surface area contributed by atoms with Gasteiger partial charge in [-0.2, -0.15) is 0 Å². The predicted octanol–water partition coefficient (Wildman–Crippen LogP) is 3.41. The van der Waals surface area contributed by atoms with Crippen molar-refractivity contribution in [2.75, 3.05) is 5.32 Å². The largest absolute Gasteiger partial charge is 0.478 e. The first-order chi connectivity index (χ1) is 9.56. The number of rotatable bonds is 4. The average Bonchev–Trinajstić information content (AvgIpc) is 2.89. The number of carboxylic acid groups (broad SMARTS) is 1. The van der Waals surface area contributed by atoms with Crippen LogP contribution in [0, 0.1) is 6.92 Å². The van der Waals surface area contributed by atoms with E-state index in [1.165, 1.54) is 12.1 Å². The van der Waals surface area contributed by atoms with Gasteiger partial charge in [-0.25, -0.2) is 4.79 Å². The summed E-state index contributed by atoms with van der Waals surface area (Å²) in [6.07, 6.45) is 3.19. The lowest BCUT2D eigenvalue weighted by Gasteiger charge is -2.05. The van der Waals surface area contributed by atoms with Gasteiger partial charge in [0, 0.05) is 16.6 Å². The van der Waals surface area contributed by atoms with E-state index < -0.39 is 5.97 Å². The minimum Gasteiger partial charge on any atom is -0.478 e. The van der Waals surface area contributed by atoms with E-state index in [1.54, 1.807) is 36.5 Å². The third-order valence-electron chi connectivity index (χ3n) is 2.67. The number of aryl methyl sites for hydroxylation is 1. The van der Waals surface area contributed by atoms with Gasteiger partial charge in [0.1, 0.15) is 0 Å². The maximum absolute atomic E-state index is 11.7. The topological polar surface area (TPSA) is 66.4 Å². The Bertz CT molecular complexity index is 660. The Morgan fingerprint density at radius 2 is 2.10 bits per heavy atom. The van der Waals surface area contributed by atoms with Crippen LogP contribution in [0.15, 0.2) is 41.8 Å². The smallest absolute Gasteiger partial charge is 0.335 e. The highest BCUT2D eigenvalue weighted by Gasteiger charge is 2.07. The van der Waals surface area contributed by atoms with Gasteiger partial charge in [-0.1, -0.05) is 6.07 Å². The minimum atomic E-state index is -0.974. The van der Waals surface area contributed by atoms with Crippen LogP contribution in [0.3, 0.4) is 0 Å². The van der Waals surface area contributed by atoms with E-state index in [4.69, 9.17) is 5.11 Å². The molecule has 0 spiro atoms. The third kappa shape index (κ3) is 3.55. The highest BCUT2D eigenvalue weighted by molar-refractivity contribution is 7.10. The molecular formula is C15H13NO3S. The van der Waals surface area contributed by atoms with Crippen LogP contribution in [0.25, 0.3) is 6.08 Å². The van der Waals surface area contributed by atoms with Gasteiger partial charge in [0.05, 0.1) is 5.56 Å². The van der Waals surface area contributed by atoms with Crippen molar-refractivity contribution in [3.63, 3.8) is 0 Å². The molecule has 2 N–H and O–H groups in total. The third-order valence-corrected chi connectivity index (χ3v) is 3.50. The van der Waals surface area contributed by atoms with Gasteiger partial charge in [-0.15, -0.1) is 11.3 Å². The maximum Gasteiger partial charge on any atom is 0.335 e. The summed E-state index contributed by atoms with van der Waals surface area (Å²) >= 11 is 1.55. The summed E-state index contributed by atoms with van der Waals surface area (Å²) in [4.78, 5) is 23.6. The van der Waals surface area contributed by atoms with E-state index in [-0.39, 0.29) is 11.5 Å². The Hall–Kier alpha value is -2.40. The van der Waals surface area contributed by atoms with Gasteiger partial charge >= 0.3 is 5.97 Å². The maximum atomic E-state index is 11.7. The van der Waals surface area contributed by atoms with Crippen molar-refractivity contribution < 1.29 is 14.7 Å². The van der Waals surface area contributed by atoms with Crippen LogP contribution < -0.4 is 5.32 Å². The average molecular weight is 287 g/mol. The number of hydrogen-bond donors (Lipinski definition) is 2. The first-order valence-corrected chi connectivity index (χ1v) is 6.81. The highest BCUT2D eigenvalue weighted by Crippen LogP contribution is 2.15. The van der Waals surface area contributed by atoms with Crippen molar-refractivity contribution in [1.29, 1.82) is 0 Å². The van der Waals surface area contributed by atoms with Crippen LogP contribution in [0.2, 0.25) is 0 Å². The lowest BCUT2D eigenvalue weighted by molar-refractivity contribution is -0.111. The van der Waals surface area contributed by atoms with Gasteiger partial charge in [-0.3, -0.25) is 4.79 Å². The number of amides is 1.